The van der Waals surface area contributed by atoms with E-state index in [2.05, 4.69) is 38.2 Å². The molecule has 0 aromatic heterocycles. The molecule has 0 N–H and O–H groups in total. The summed E-state index contributed by atoms with van der Waals surface area (Å²) in [7, 11) is 0. The zero-order valence-corrected chi connectivity index (χ0v) is 17.6. The molecule has 0 aliphatic heterocycles. The maximum atomic E-state index is 5.43. The smallest absolute Gasteiger partial charge is 0.245 e. The van der Waals surface area contributed by atoms with Gasteiger partial charge in [0.25, 0.3) is 0 Å². The number of rotatable bonds is 0. The summed E-state index contributed by atoms with van der Waals surface area (Å²) in [6.45, 7) is 6.21. The van der Waals surface area contributed by atoms with Crippen LogP contribution in [0.25, 0.3) is 0 Å². The molecular formula is C14H20Cl2HfSi-2. The maximum Gasteiger partial charge on any atom is 0.245 e. The van der Waals surface area contributed by atoms with E-state index in [0.29, 0.717) is 0 Å². The fourth-order valence-electron chi connectivity index (χ4n) is 0.998. The average molecular weight is 466 g/mol. The normalized spacial score (nSPS) is 15.7. The van der Waals surface area contributed by atoms with Crippen LogP contribution in [0.3, 0.4) is 0 Å². The Balaban J connectivity index is 0. The van der Waals surface area contributed by atoms with Crippen molar-refractivity contribution < 1.29 is 25.8 Å². The molecule has 2 rings (SSSR count). The van der Waals surface area contributed by atoms with Crippen LogP contribution in [0.2, 0.25) is 13.1 Å². The van der Waals surface area contributed by atoms with Crippen molar-refractivity contribution in [3.8, 4) is 0 Å². The van der Waals surface area contributed by atoms with Gasteiger partial charge in [0.15, 0.2) is 0 Å². The maximum absolute atomic E-state index is 5.43. The number of hydrogen-bond acceptors (Lipinski definition) is 0. The Morgan fingerprint density at radius 1 is 0.944 bits per heavy atom. The van der Waals surface area contributed by atoms with Crippen LogP contribution in [0, 0.1) is 12.2 Å². The minimum absolute atomic E-state index is 0. The topological polar surface area (TPSA) is 0 Å². The molecule has 0 heterocycles. The van der Waals surface area contributed by atoms with Crippen LogP contribution in [0.4, 0.5) is 0 Å². The van der Waals surface area contributed by atoms with Gasteiger partial charge in [-0.1, -0.05) is 0 Å². The fraction of sp³-hybridized carbons (Fsp3) is 0.429. The minimum Gasteiger partial charge on any atom is -0.273 e. The molecule has 0 unspecified atom stereocenters. The van der Waals surface area contributed by atoms with E-state index in [-0.39, 0.29) is 25.8 Å². The van der Waals surface area contributed by atoms with Crippen molar-refractivity contribution in [2.24, 2.45) is 0 Å². The Labute approximate surface area is 141 Å². The van der Waals surface area contributed by atoms with Crippen LogP contribution in [0.15, 0.2) is 35.5 Å². The molecule has 0 aromatic rings. The quantitative estimate of drug-likeness (QED) is 0.250. The Bertz CT molecular complexity index is 297. The second-order valence-electron chi connectivity index (χ2n) is 4.33. The molecule has 4 heteroatoms. The van der Waals surface area contributed by atoms with E-state index < -0.39 is 6.69 Å². The third-order valence-electron chi connectivity index (χ3n) is 1.74. The molecule has 18 heavy (non-hydrogen) atoms. The second-order valence-corrected chi connectivity index (χ2v) is 13.2. The zero-order chi connectivity index (χ0) is 13.3. The molecule has 0 aromatic carbocycles. The molecule has 0 spiro atoms. The van der Waals surface area contributed by atoms with Gasteiger partial charge in [0, 0.05) is 25.8 Å². The van der Waals surface area contributed by atoms with Crippen LogP contribution in [-0.2, 0) is 25.8 Å². The molecule has 0 saturated heterocycles. The van der Waals surface area contributed by atoms with Crippen molar-refractivity contribution in [3.05, 3.63) is 47.6 Å². The molecule has 2 aliphatic rings. The molecule has 0 fully saturated rings. The van der Waals surface area contributed by atoms with Crippen LogP contribution in [0.5, 0.6) is 0 Å². The summed E-state index contributed by atoms with van der Waals surface area (Å²) in [5.74, 6) is 0. The van der Waals surface area contributed by atoms with E-state index in [1.807, 2.05) is 25.2 Å². The van der Waals surface area contributed by atoms with E-state index in [0.717, 1.165) is 12.8 Å². The predicted octanol–water partition coefficient (Wildman–Crippen LogP) is 5.55. The number of hydrogen-bond donors (Lipinski definition) is 0. The van der Waals surface area contributed by atoms with Crippen molar-refractivity contribution in [3.63, 3.8) is 0 Å². The van der Waals surface area contributed by atoms with E-state index in [1.165, 1.54) is 11.1 Å². The van der Waals surface area contributed by atoms with Gasteiger partial charge in [-0.3, -0.25) is 12.2 Å². The van der Waals surface area contributed by atoms with Gasteiger partial charge in [0.2, 0.25) is 6.69 Å². The molecule has 0 amide bonds. The van der Waals surface area contributed by atoms with E-state index in [9.17, 15) is 0 Å². The van der Waals surface area contributed by atoms with Gasteiger partial charge in [-0.15, -0.1) is 48.8 Å². The van der Waals surface area contributed by atoms with Crippen molar-refractivity contribution in [1.29, 1.82) is 0 Å². The van der Waals surface area contributed by atoms with Gasteiger partial charge in [-0.2, -0.15) is 12.2 Å². The van der Waals surface area contributed by atoms with E-state index in [4.69, 9.17) is 22.2 Å². The summed E-state index contributed by atoms with van der Waals surface area (Å²) in [6, 6.07) is 0. The Morgan fingerprint density at radius 3 is 1.28 bits per heavy atom. The van der Waals surface area contributed by atoms with Crippen LogP contribution < -0.4 is 0 Å². The van der Waals surface area contributed by atoms with E-state index >= 15 is 0 Å². The fourth-order valence-corrected chi connectivity index (χ4v) is 0.998. The first kappa shape index (κ1) is 20.9. The summed E-state index contributed by atoms with van der Waals surface area (Å²) in [6.07, 6.45) is 16.5. The van der Waals surface area contributed by atoms with Gasteiger partial charge >= 0.3 is 0 Å². The average Bonchev–Trinajstić information content (AvgIpc) is 2.76. The van der Waals surface area contributed by atoms with Crippen molar-refractivity contribution in [2.75, 3.05) is 0 Å². The first-order valence-corrected chi connectivity index (χ1v) is 10.7. The molecule has 0 nitrogen and oxygen atoms in total. The van der Waals surface area contributed by atoms with Gasteiger partial charge in [-0.05, 0) is 13.1 Å². The molecule has 100 valence electrons. The zero-order valence-electron chi connectivity index (χ0n) is 11.5. The molecule has 0 saturated carbocycles. The molecule has 0 atom stereocenters. The molecule has 0 radical (unpaired) electrons. The summed E-state index contributed by atoms with van der Waals surface area (Å²) < 4.78 is 0. The van der Waals surface area contributed by atoms with Gasteiger partial charge in [0.05, 0.1) is 0 Å². The summed E-state index contributed by atoms with van der Waals surface area (Å²) in [5, 5.41) is 0. The third kappa shape index (κ3) is 19.0. The predicted molar refractivity (Wildman–Crippen MR) is 81.6 cm³/mol. The number of halogens is 2. The summed E-state index contributed by atoms with van der Waals surface area (Å²) in [4.78, 5) is 0. The second kappa shape index (κ2) is 11.5. The monoisotopic (exact) mass is 466 g/mol. The van der Waals surface area contributed by atoms with Crippen LogP contribution in [-0.4, -0.2) is 6.69 Å². The van der Waals surface area contributed by atoms with Gasteiger partial charge in [0.1, 0.15) is 0 Å². The third-order valence-corrected chi connectivity index (χ3v) is 1.74. The standard InChI is InChI=1S/2C6H7.C2H6Cl2Si.Hf/c2*1-6-4-2-3-5-6;1-5(2,3)4;/h2*4-5H,2H2,1H3;1-2H3;/q2*-1;;. The molecule has 0 bridgehead atoms. The first-order valence-electron chi connectivity index (χ1n) is 5.63. The number of allylic oxidation sites excluding steroid dienone is 8. The van der Waals surface area contributed by atoms with Crippen molar-refractivity contribution in [2.45, 2.75) is 39.8 Å². The minimum atomic E-state index is -1.67. The van der Waals surface area contributed by atoms with Crippen molar-refractivity contribution in [1.82, 2.24) is 0 Å². The Kier molecular flexibility index (Phi) is 13.3. The SMILES string of the molecule is CC1=CC[C-]=C1.CC1=CC[C-]=C1.C[Si](C)(Cl)Cl.[Hf]. The largest absolute Gasteiger partial charge is 0.273 e. The summed E-state index contributed by atoms with van der Waals surface area (Å²) in [5.41, 5.74) is 2.69. The van der Waals surface area contributed by atoms with Crippen LogP contribution >= 0.6 is 22.2 Å². The Morgan fingerprint density at radius 2 is 1.22 bits per heavy atom. The van der Waals surface area contributed by atoms with Gasteiger partial charge in [-0.25, -0.2) is 23.3 Å². The summed E-state index contributed by atoms with van der Waals surface area (Å²) >= 11 is 10.9. The first-order chi connectivity index (χ1) is 7.79. The van der Waals surface area contributed by atoms with Gasteiger partial charge < -0.3 is 0 Å². The van der Waals surface area contributed by atoms with Crippen LogP contribution in [0.1, 0.15) is 26.7 Å². The van der Waals surface area contributed by atoms with E-state index in [1.54, 1.807) is 0 Å². The molecular weight excluding hydrogens is 446 g/mol. The Hall–Kier alpha value is 0.627. The molecule has 2 aliphatic carbocycles. The van der Waals surface area contributed by atoms with Crippen molar-refractivity contribution >= 4 is 28.9 Å².